The summed E-state index contributed by atoms with van der Waals surface area (Å²) < 4.78 is 1.90. The second-order valence-corrected chi connectivity index (χ2v) is 5.38. The Bertz CT molecular complexity index is 543. The molecule has 2 aromatic heterocycles. The molecule has 0 spiro atoms. The Hall–Kier alpha value is -1.68. The standard InChI is InChI=1S/C15H22N4/c1-11(2)8-16-9-14-10-18-19(13(14)4)15-7-12(3)5-6-17-15/h5-7,10-11,16H,8-9H2,1-4H3. The van der Waals surface area contributed by atoms with Crippen LogP contribution in [-0.4, -0.2) is 21.3 Å². The van der Waals surface area contributed by atoms with Gasteiger partial charge < -0.3 is 5.32 Å². The van der Waals surface area contributed by atoms with Gasteiger partial charge in [-0.1, -0.05) is 13.8 Å². The molecular formula is C15H22N4. The number of aryl methyl sites for hydroxylation is 1. The molecule has 0 saturated heterocycles. The van der Waals surface area contributed by atoms with E-state index < -0.39 is 0 Å². The third-order valence-corrected chi connectivity index (χ3v) is 3.10. The molecular weight excluding hydrogens is 236 g/mol. The van der Waals surface area contributed by atoms with Gasteiger partial charge in [0.2, 0.25) is 0 Å². The molecule has 0 saturated carbocycles. The third kappa shape index (κ3) is 3.41. The first-order valence-corrected chi connectivity index (χ1v) is 6.75. The monoisotopic (exact) mass is 258 g/mol. The summed E-state index contributed by atoms with van der Waals surface area (Å²) in [4.78, 5) is 4.37. The van der Waals surface area contributed by atoms with Crippen LogP contribution in [0.3, 0.4) is 0 Å². The second-order valence-electron chi connectivity index (χ2n) is 5.38. The minimum absolute atomic E-state index is 0.661. The molecule has 0 fully saturated rings. The van der Waals surface area contributed by atoms with Crippen LogP contribution in [0.1, 0.15) is 30.7 Å². The van der Waals surface area contributed by atoms with Gasteiger partial charge in [-0.15, -0.1) is 0 Å². The zero-order chi connectivity index (χ0) is 13.8. The summed E-state index contributed by atoms with van der Waals surface area (Å²) in [7, 11) is 0. The number of hydrogen-bond donors (Lipinski definition) is 1. The fraction of sp³-hybridized carbons (Fsp3) is 0.467. The van der Waals surface area contributed by atoms with Crippen LogP contribution < -0.4 is 5.32 Å². The molecule has 19 heavy (non-hydrogen) atoms. The number of nitrogens with one attached hydrogen (secondary N) is 1. The summed E-state index contributed by atoms with van der Waals surface area (Å²) in [5, 5.41) is 7.88. The van der Waals surface area contributed by atoms with E-state index in [0.29, 0.717) is 5.92 Å². The summed E-state index contributed by atoms with van der Waals surface area (Å²) in [6.07, 6.45) is 3.75. The van der Waals surface area contributed by atoms with Gasteiger partial charge in [-0.3, -0.25) is 0 Å². The molecule has 0 unspecified atom stereocenters. The second kappa shape index (κ2) is 5.97. The molecule has 2 heterocycles. The Balaban J connectivity index is 2.14. The van der Waals surface area contributed by atoms with Crippen LogP contribution in [0.5, 0.6) is 0 Å². The van der Waals surface area contributed by atoms with Gasteiger partial charge in [0.1, 0.15) is 0 Å². The molecule has 1 N–H and O–H groups in total. The first kappa shape index (κ1) is 13.7. The van der Waals surface area contributed by atoms with E-state index in [4.69, 9.17) is 0 Å². The SMILES string of the molecule is Cc1ccnc(-n2ncc(CNCC(C)C)c2C)c1. The average Bonchev–Trinajstić information content (AvgIpc) is 2.71. The molecule has 0 aliphatic heterocycles. The lowest BCUT2D eigenvalue weighted by Crippen LogP contribution is -2.19. The van der Waals surface area contributed by atoms with Gasteiger partial charge in [0.15, 0.2) is 5.82 Å². The molecule has 4 heteroatoms. The first-order valence-electron chi connectivity index (χ1n) is 6.75. The van der Waals surface area contributed by atoms with Gasteiger partial charge in [0.25, 0.3) is 0 Å². The van der Waals surface area contributed by atoms with Crippen molar-refractivity contribution in [2.75, 3.05) is 6.54 Å². The Morgan fingerprint density at radius 3 is 2.79 bits per heavy atom. The molecule has 0 atom stereocenters. The summed E-state index contributed by atoms with van der Waals surface area (Å²) >= 11 is 0. The zero-order valence-corrected chi connectivity index (χ0v) is 12.1. The van der Waals surface area contributed by atoms with E-state index in [2.05, 4.69) is 43.1 Å². The van der Waals surface area contributed by atoms with Gasteiger partial charge in [-0.25, -0.2) is 9.67 Å². The smallest absolute Gasteiger partial charge is 0.153 e. The Labute approximate surface area is 114 Å². The Morgan fingerprint density at radius 1 is 1.32 bits per heavy atom. The fourth-order valence-electron chi connectivity index (χ4n) is 1.98. The van der Waals surface area contributed by atoms with Crippen LogP contribution in [-0.2, 0) is 6.54 Å². The highest BCUT2D eigenvalue weighted by Gasteiger charge is 2.08. The van der Waals surface area contributed by atoms with Crippen LogP contribution in [0.4, 0.5) is 0 Å². The molecule has 0 aliphatic rings. The predicted molar refractivity (Wildman–Crippen MR) is 77.4 cm³/mol. The number of aromatic nitrogens is 3. The van der Waals surface area contributed by atoms with Crippen LogP contribution in [0.15, 0.2) is 24.5 Å². The van der Waals surface area contributed by atoms with E-state index in [-0.39, 0.29) is 0 Å². The number of hydrogen-bond acceptors (Lipinski definition) is 3. The average molecular weight is 258 g/mol. The molecule has 0 radical (unpaired) electrons. The molecule has 4 nitrogen and oxygen atoms in total. The fourth-order valence-corrected chi connectivity index (χ4v) is 1.98. The van der Waals surface area contributed by atoms with Crippen molar-refractivity contribution in [1.29, 1.82) is 0 Å². The van der Waals surface area contributed by atoms with E-state index >= 15 is 0 Å². The van der Waals surface area contributed by atoms with E-state index in [1.54, 1.807) is 0 Å². The lowest BCUT2D eigenvalue weighted by molar-refractivity contribution is 0.551. The van der Waals surface area contributed by atoms with Crippen molar-refractivity contribution < 1.29 is 0 Å². The van der Waals surface area contributed by atoms with Crippen molar-refractivity contribution in [2.24, 2.45) is 5.92 Å². The molecule has 0 aromatic carbocycles. The van der Waals surface area contributed by atoms with Gasteiger partial charge >= 0.3 is 0 Å². The lowest BCUT2D eigenvalue weighted by Gasteiger charge is -2.08. The normalized spacial score (nSPS) is 11.2. The predicted octanol–water partition coefficient (Wildman–Crippen LogP) is 2.63. The van der Waals surface area contributed by atoms with Crippen molar-refractivity contribution in [1.82, 2.24) is 20.1 Å². The van der Waals surface area contributed by atoms with Crippen molar-refractivity contribution in [3.63, 3.8) is 0 Å². The van der Waals surface area contributed by atoms with E-state index in [9.17, 15) is 0 Å². The van der Waals surface area contributed by atoms with Crippen LogP contribution in [0, 0.1) is 19.8 Å². The van der Waals surface area contributed by atoms with Gasteiger partial charge in [-0.05, 0) is 44.0 Å². The van der Waals surface area contributed by atoms with E-state index in [1.165, 1.54) is 11.1 Å². The number of pyridine rings is 1. The van der Waals surface area contributed by atoms with Crippen LogP contribution >= 0.6 is 0 Å². The summed E-state index contributed by atoms with van der Waals surface area (Å²) in [5.74, 6) is 1.54. The molecule has 102 valence electrons. The maximum Gasteiger partial charge on any atom is 0.153 e. The maximum absolute atomic E-state index is 4.44. The zero-order valence-electron chi connectivity index (χ0n) is 12.1. The number of rotatable bonds is 5. The highest BCUT2D eigenvalue weighted by Crippen LogP contribution is 2.13. The molecule has 0 amide bonds. The van der Waals surface area contributed by atoms with Crippen LogP contribution in [0.2, 0.25) is 0 Å². The topological polar surface area (TPSA) is 42.7 Å². The summed E-state index contributed by atoms with van der Waals surface area (Å²) in [6, 6.07) is 4.04. The van der Waals surface area contributed by atoms with Crippen molar-refractivity contribution in [3.05, 3.63) is 41.3 Å². The quantitative estimate of drug-likeness (QED) is 0.896. The minimum atomic E-state index is 0.661. The van der Waals surface area contributed by atoms with Crippen molar-refractivity contribution in [3.8, 4) is 5.82 Å². The van der Waals surface area contributed by atoms with Crippen molar-refractivity contribution >= 4 is 0 Å². The molecule has 0 aliphatic carbocycles. The molecule has 2 aromatic rings. The molecule has 0 bridgehead atoms. The summed E-state index contributed by atoms with van der Waals surface area (Å²) in [5.41, 5.74) is 3.57. The number of nitrogens with zero attached hydrogens (tertiary/aromatic N) is 3. The minimum Gasteiger partial charge on any atom is -0.312 e. The maximum atomic E-state index is 4.44. The molecule has 2 rings (SSSR count). The third-order valence-electron chi connectivity index (χ3n) is 3.10. The van der Waals surface area contributed by atoms with Gasteiger partial charge in [0.05, 0.1) is 6.20 Å². The van der Waals surface area contributed by atoms with Gasteiger partial charge in [0, 0.05) is 24.0 Å². The highest BCUT2D eigenvalue weighted by atomic mass is 15.3. The lowest BCUT2D eigenvalue weighted by atomic mass is 10.2. The van der Waals surface area contributed by atoms with Gasteiger partial charge in [-0.2, -0.15) is 5.10 Å². The van der Waals surface area contributed by atoms with Crippen LogP contribution in [0.25, 0.3) is 5.82 Å². The Morgan fingerprint density at radius 2 is 2.11 bits per heavy atom. The van der Waals surface area contributed by atoms with E-state index in [0.717, 1.165) is 24.6 Å². The summed E-state index contributed by atoms with van der Waals surface area (Å²) in [6.45, 7) is 10.4. The van der Waals surface area contributed by atoms with Crippen molar-refractivity contribution in [2.45, 2.75) is 34.2 Å². The Kier molecular flexibility index (Phi) is 4.32. The van der Waals surface area contributed by atoms with E-state index in [1.807, 2.05) is 29.2 Å². The highest BCUT2D eigenvalue weighted by molar-refractivity contribution is 5.30. The largest absolute Gasteiger partial charge is 0.312 e. The first-order chi connectivity index (χ1) is 9.08.